The summed E-state index contributed by atoms with van der Waals surface area (Å²) in [6, 6.07) is 17.9. The molecule has 1 N–H and O–H groups in total. The standard InChI is InChI=1S/C22H16N4O4S/c27-19(25-15-7-9-17(10-8-15)30-16-5-2-1-3-6-16)13-29-22(28)18-14-31-21(26-18)20-23-11-4-12-24-20/h1-12,14H,13H2,(H,25,27). The van der Waals surface area contributed by atoms with Crippen molar-refractivity contribution in [3.63, 3.8) is 0 Å². The van der Waals surface area contributed by atoms with Crippen molar-refractivity contribution in [1.29, 1.82) is 0 Å². The van der Waals surface area contributed by atoms with Gasteiger partial charge < -0.3 is 14.8 Å². The third kappa shape index (κ3) is 5.49. The van der Waals surface area contributed by atoms with Crippen LogP contribution in [0, 0.1) is 0 Å². The zero-order chi connectivity index (χ0) is 21.5. The van der Waals surface area contributed by atoms with E-state index in [1.165, 1.54) is 16.7 Å². The number of thiazole rings is 1. The first-order valence-corrected chi connectivity index (χ1v) is 10.1. The van der Waals surface area contributed by atoms with Gasteiger partial charge in [0.25, 0.3) is 5.91 Å². The van der Waals surface area contributed by atoms with Crippen LogP contribution in [0.1, 0.15) is 10.5 Å². The molecule has 9 heteroatoms. The number of nitrogens with one attached hydrogen (secondary N) is 1. The summed E-state index contributed by atoms with van der Waals surface area (Å²) in [5, 5.41) is 4.70. The van der Waals surface area contributed by atoms with E-state index in [2.05, 4.69) is 20.3 Å². The monoisotopic (exact) mass is 432 g/mol. The van der Waals surface area contributed by atoms with E-state index < -0.39 is 18.5 Å². The van der Waals surface area contributed by atoms with Gasteiger partial charge in [-0.05, 0) is 42.5 Å². The number of benzene rings is 2. The predicted octanol–water partition coefficient (Wildman–Crippen LogP) is 4.19. The van der Waals surface area contributed by atoms with Crippen LogP contribution in [0.2, 0.25) is 0 Å². The molecule has 0 unspecified atom stereocenters. The average molecular weight is 432 g/mol. The maximum atomic E-state index is 12.1. The molecule has 0 radical (unpaired) electrons. The lowest BCUT2D eigenvalue weighted by molar-refractivity contribution is -0.119. The second-order valence-corrected chi connectivity index (χ2v) is 7.03. The van der Waals surface area contributed by atoms with Crippen LogP contribution in [0.3, 0.4) is 0 Å². The molecule has 0 atom stereocenters. The van der Waals surface area contributed by atoms with Crippen LogP contribution in [0.15, 0.2) is 78.4 Å². The topological polar surface area (TPSA) is 103 Å². The van der Waals surface area contributed by atoms with E-state index in [-0.39, 0.29) is 5.69 Å². The van der Waals surface area contributed by atoms with Crippen molar-refractivity contribution in [2.75, 3.05) is 11.9 Å². The van der Waals surface area contributed by atoms with Gasteiger partial charge in [-0.25, -0.2) is 19.7 Å². The first-order valence-electron chi connectivity index (χ1n) is 9.20. The lowest BCUT2D eigenvalue weighted by Crippen LogP contribution is -2.21. The molecule has 2 aromatic carbocycles. The summed E-state index contributed by atoms with van der Waals surface area (Å²) in [4.78, 5) is 36.6. The van der Waals surface area contributed by atoms with Crippen LogP contribution in [0.4, 0.5) is 5.69 Å². The highest BCUT2D eigenvalue weighted by Gasteiger charge is 2.16. The zero-order valence-electron chi connectivity index (χ0n) is 16.1. The molecular formula is C22H16N4O4S. The molecule has 0 spiro atoms. The van der Waals surface area contributed by atoms with Gasteiger partial charge in [0.05, 0.1) is 0 Å². The molecule has 31 heavy (non-hydrogen) atoms. The van der Waals surface area contributed by atoms with Crippen molar-refractivity contribution in [1.82, 2.24) is 15.0 Å². The van der Waals surface area contributed by atoms with Crippen molar-refractivity contribution < 1.29 is 19.1 Å². The third-order valence-electron chi connectivity index (χ3n) is 3.92. The van der Waals surface area contributed by atoms with Gasteiger partial charge in [-0.2, -0.15) is 0 Å². The fraction of sp³-hybridized carbons (Fsp3) is 0.0455. The summed E-state index contributed by atoms with van der Waals surface area (Å²) in [5.74, 6) is 0.615. The highest BCUT2D eigenvalue weighted by atomic mass is 32.1. The minimum absolute atomic E-state index is 0.0997. The van der Waals surface area contributed by atoms with Crippen molar-refractivity contribution >= 4 is 28.9 Å². The molecule has 2 aromatic heterocycles. The molecule has 0 saturated heterocycles. The number of carbonyl (C=O) groups excluding carboxylic acids is 2. The molecule has 154 valence electrons. The first kappa shape index (κ1) is 20.2. The Morgan fingerprint density at radius 1 is 0.903 bits per heavy atom. The average Bonchev–Trinajstić information content (AvgIpc) is 3.31. The molecule has 0 aliphatic heterocycles. The molecule has 8 nitrogen and oxygen atoms in total. The summed E-state index contributed by atoms with van der Waals surface area (Å²) in [5.41, 5.74) is 0.654. The Bertz CT molecular complexity index is 1170. The van der Waals surface area contributed by atoms with Gasteiger partial charge in [0, 0.05) is 23.5 Å². The fourth-order valence-electron chi connectivity index (χ4n) is 2.51. The summed E-state index contributed by atoms with van der Waals surface area (Å²) in [7, 11) is 0. The molecule has 0 bridgehead atoms. The normalized spacial score (nSPS) is 10.3. The number of ether oxygens (including phenoxy) is 2. The number of aromatic nitrogens is 3. The van der Waals surface area contributed by atoms with Crippen LogP contribution >= 0.6 is 11.3 Å². The van der Waals surface area contributed by atoms with Gasteiger partial charge in [-0.3, -0.25) is 4.79 Å². The van der Waals surface area contributed by atoms with Gasteiger partial charge in [0.1, 0.15) is 11.5 Å². The van der Waals surface area contributed by atoms with Gasteiger partial charge >= 0.3 is 5.97 Å². The molecule has 1 amide bonds. The number of anilines is 1. The maximum absolute atomic E-state index is 12.1. The van der Waals surface area contributed by atoms with Crippen molar-refractivity contribution in [3.05, 3.63) is 84.1 Å². The van der Waals surface area contributed by atoms with Crippen molar-refractivity contribution in [2.24, 2.45) is 0 Å². The van der Waals surface area contributed by atoms with E-state index in [0.29, 0.717) is 22.3 Å². The molecule has 2 heterocycles. The minimum Gasteiger partial charge on any atom is -0.457 e. The van der Waals surface area contributed by atoms with E-state index in [0.717, 1.165) is 5.75 Å². The van der Waals surface area contributed by atoms with Gasteiger partial charge in [0.15, 0.2) is 23.1 Å². The summed E-state index contributed by atoms with van der Waals surface area (Å²) < 4.78 is 10.7. The smallest absolute Gasteiger partial charge is 0.358 e. The number of esters is 1. The Labute approximate surface area is 181 Å². The van der Waals surface area contributed by atoms with Crippen molar-refractivity contribution in [3.8, 4) is 22.3 Å². The second-order valence-electron chi connectivity index (χ2n) is 6.17. The Balaban J connectivity index is 1.27. The minimum atomic E-state index is -0.694. The second kappa shape index (κ2) is 9.59. The Morgan fingerprint density at radius 2 is 1.61 bits per heavy atom. The van der Waals surface area contributed by atoms with E-state index in [1.54, 1.807) is 42.7 Å². The number of amides is 1. The molecular weight excluding hydrogens is 416 g/mol. The molecule has 4 aromatic rings. The number of hydrogen-bond acceptors (Lipinski definition) is 8. The Hall–Kier alpha value is -4.11. The van der Waals surface area contributed by atoms with Crippen LogP contribution in [-0.4, -0.2) is 33.4 Å². The predicted molar refractivity (Wildman–Crippen MR) is 115 cm³/mol. The largest absolute Gasteiger partial charge is 0.457 e. The molecule has 0 aliphatic carbocycles. The van der Waals surface area contributed by atoms with Gasteiger partial charge in [-0.15, -0.1) is 11.3 Å². The lowest BCUT2D eigenvalue weighted by Gasteiger charge is -2.08. The van der Waals surface area contributed by atoms with E-state index in [4.69, 9.17) is 9.47 Å². The quantitative estimate of drug-likeness (QED) is 0.437. The molecule has 4 rings (SSSR count). The Morgan fingerprint density at radius 3 is 2.35 bits per heavy atom. The molecule has 0 fully saturated rings. The number of nitrogens with zero attached hydrogens (tertiary/aromatic N) is 3. The number of rotatable bonds is 7. The highest BCUT2D eigenvalue weighted by Crippen LogP contribution is 2.23. The highest BCUT2D eigenvalue weighted by molar-refractivity contribution is 7.13. The van der Waals surface area contributed by atoms with Crippen LogP contribution < -0.4 is 10.1 Å². The van der Waals surface area contributed by atoms with E-state index in [9.17, 15) is 9.59 Å². The third-order valence-corrected chi connectivity index (χ3v) is 4.76. The molecule has 0 saturated carbocycles. The van der Waals surface area contributed by atoms with Crippen LogP contribution in [-0.2, 0) is 9.53 Å². The van der Waals surface area contributed by atoms with Crippen LogP contribution in [0.5, 0.6) is 11.5 Å². The summed E-state index contributed by atoms with van der Waals surface area (Å²) >= 11 is 1.22. The number of carbonyl (C=O) groups is 2. The van der Waals surface area contributed by atoms with Gasteiger partial charge in [0.2, 0.25) is 0 Å². The van der Waals surface area contributed by atoms with Crippen LogP contribution in [0.25, 0.3) is 10.8 Å². The summed E-state index contributed by atoms with van der Waals surface area (Å²) in [6.45, 7) is -0.435. The number of hydrogen-bond donors (Lipinski definition) is 1. The van der Waals surface area contributed by atoms with Crippen molar-refractivity contribution in [2.45, 2.75) is 0 Å². The Kier molecular flexibility index (Phi) is 6.24. The van der Waals surface area contributed by atoms with E-state index in [1.807, 2.05) is 30.3 Å². The number of para-hydroxylation sites is 1. The SMILES string of the molecule is O=C(COC(=O)c1csc(-c2ncccn2)n1)Nc1ccc(Oc2ccccc2)cc1. The maximum Gasteiger partial charge on any atom is 0.358 e. The first-order chi connectivity index (χ1) is 15.2. The zero-order valence-corrected chi connectivity index (χ0v) is 16.9. The fourth-order valence-corrected chi connectivity index (χ4v) is 3.25. The molecule has 0 aliphatic rings. The van der Waals surface area contributed by atoms with Gasteiger partial charge in [-0.1, -0.05) is 18.2 Å². The lowest BCUT2D eigenvalue weighted by atomic mass is 10.3. The summed E-state index contributed by atoms with van der Waals surface area (Å²) in [6.07, 6.45) is 3.18. The van der Waals surface area contributed by atoms with E-state index >= 15 is 0 Å².